The van der Waals surface area contributed by atoms with Gasteiger partial charge >= 0.3 is 0 Å². The molecule has 3 heteroatoms. The molecule has 0 rings (SSSR count). The van der Waals surface area contributed by atoms with Crippen molar-refractivity contribution in [3.05, 3.63) is 12.3 Å². The highest BCUT2D eigenvalue weighted by atomic mass is 16.5. The molecule has 66 valence electrons. The Morgan fingerprint density at radius 3 is 2.73 bits per heavy atom. The third-order valence-corrected chi connectivity index (χ3v) is 1.39. The van der Waals surface area contributed by atoms with Gasteiger partial charge < -0.3 is 9.75 Å². The molecular weight excluding hydrogens is 140 g/mol. The molecule has 0 aliphatic rings. The first-order chi connectivity index (χ1) is 5.16. The van der Waals surface area contributed by atoms with Gasteiger partial charge in [-0.1, -0.05) is 6.92 Å². The van der Waals surface area contributed by atoms with Crippen LogP contribution in [0.2, 0.25) is 0 Å². The standard InChI is InChI=1S/C8H18N2O/c1-4-8(2)11-7-5-6-10(3)9/h5-6,8H,4,7,9H2,1-3H3/b6-5-. The van der Waals surface area contributed by atoms with E-state index in [0.29, 0.717) is 12.7 Å². The summed E-state index contributed by atoms with van der Waals surface area (Å²) in [6.45, 7) is 4.79. The van der Waals surface area contributed by atoms with Crippen LogP contribution in [0.4, 0.5) is 0 Å². The van der Waals surface area contributed by atoms with E-state index in [2.05, 4.69) is 13.8 Å². The average Bonchev–Trinajstić information content (AvgIpc) is 1.97. The lowest BCUT2D eigenvalue weighted by Crippen LogP contribution is -2.18. The van der Waals surface area contributed by atoms with Crippen molar-refractivity contribution in [1.82, 2.24) is 5.01 Å². The number of rotatable bonds is 5. The van der Waals surface area contributed by atoms with Gasteiger partial charge in [0.2, 0.25) is 0 Å². The first-order valence-corrected chi connectivity index (χ1v) is 3.92. The molecule has 0 aromatic heterocycles. The molecule has 0 aromatic carbocycles. The van der Waals surface area contributed by atoms with E-state index in [1.807, 2.05) is 6.08 Å². The maximum Gasteiger partial charge on any atom is 0.0668 e. The topological polar surface area (TPSA) is 38.5 Å². The number of hydrogen-bond acceptors (Lipinski definition) is 3. The van der Waals surface area contributed by atoms with Crippen LogP contribution in [0, 0.1) is 0 Å². The summed E-state index contributed by atoms with van der Waals surface area (Å²) in [5.41, 5.74) is 0. The largest absolute Gasteiger partial charge is 0.374 e. The highest BCUT2D eigenvalue weighted by molar-refractivity contribution is 4.77. The average molecular weight is 158 g/mol. The number of hydrazine groups is 1. The summed E-state index contributed by atoms with van der Waals surface area (Å²) >= 11 is 0. The maximum atomic E-state index is 5.37. The van der Waals surface area contributed by atoms with Gasteiger partial charge in [-0.25, -0.2) is 5.84 Å². The van der Waals surface area contributed by atoms with Crippen molar-refractivity contribution >= 4 is 0 Å². The fraction of sp³-hybridized carbons (Fsp3) is 0.750. The number of nitrogens with zero attached hydrogens (tertiary/aromatic N) is 1. The minimum absolute atomic E-state index is 0.336. The van der Waals surface area contributed by atoms with Gasteiger partial charge in [0.1, 0.15) is 0 Å². The van der Waals surface area contributed by atoms with Crippen molar-refractivity contribution in [2.75, 3.05) is 13.7 Å². The molecular formula is C8H18N2O. The maximum absolute atomic E-state index is 5.37. The molecule has 0 saturated heterocycles. The molecule has 0 aliphatic carbocycles. The van der Waals surface area contributed by atoms with Crippen LogP contribution in [0.5, 0.6) is 0 Å². The van der Waals surface area contributed by atoms with Gasteiger partial charge in [-0.2, -0.15) is 0 Å². The number of ether oxygens (including phenoxy) is 1. The van der Waals surface area contributed by atoms with E-state index >= 15 is 0 Å². The van der Waals surface area contributed by atoms with Crippen LogP contribution in [0.25, 0.3) is 0 Å². The molecule has 0 aliphatic heterocycles. The summed E-state index contributed by atoms with van der Waals surface area (Å²) < 4.78 is 5.37. The second kappa shape index (κ2) is 6.19. The third kappa shape index (κ3) is 7.36. The fourth-order valence-corrected chi connectivity index (χ4v) is 0.547. The SMILES string of the molecule is CCC(C)OC/C=C\N(C)N. The van der Waals surface area contributed by atoms with Crippen molar-refractivity contribution < 1.29 is 4.74 Å². The second-order valence-electron chi connectivity index (χ2n) is 2.60. The number of hydrogen-bond donors (Lipinski definition) is 1. The van der Waals surface area contributed by atoms with Crippen LogP contribution in [0.3, 0.4) is 0 Å². The van der Waals surface area contributed by atoms with Crippen molar-refractivity contribution in [3.8, 4) is 0 Å². The Kier molecular flexibility index (Phi) is 5.88. The quantitative estimate of drug-likeness (QED) is 0.481. The monoisotopic (exact) mass is 158 g/mol. The van der Waals surface area contributed by atoms with Crippen molar-refractivity contribution in [2.45, 2.75) is 26.4 Å². The Morgan fingerprint density at radius 1 is 1.64 bits per heavy atom. The minimum Gasteiger partial charge on any atom is -0.374 e. The zero-order chi connectivity index (χ0) is 8.69. The lowest BCUT2D eigenvalue weighted by Gasteiger charge is -2.08. The van der Waals surface area contributed by atoms with E-state index in [1.165, 1.54) is 5.01 Å². The summed E-state index contributed by atoms with van der Waals surface area (Å²) in [6.07, 6.45) is 5.06. The van der Waals surface area contributed by atoms with Crippen LogP contribution in [0.1, 0.15) is 20.3 Å². The van der Waals surface area contributed by atoms with Gasteiger partial charge in [0.25, 0.3) is 0 Å². The predicted octanol–water partition coefficient (Wildman–Crippen LogP) is 1.12. The Morgan fingerprint density at radius 2 is 2.27 bits per heavy atom. The van der Waals surface area contributed by atoms with Crippen LogP contribution in [-0.4, -0.2) is 24.8 Å². The van der Waals surface area contributed by atoms with Crippen molar-refractivity contribution in [2.24, 2.45) is 5.84 Å². The lowest BCUT2D eigenvalue weighted by atomic mass is 10.3. The molecule has 0 radical (unpaired) electrons. The van der Waals surface area contributed by atoms with Gasteiger partial charge in [-0.15, -0.1) is 0 Å². The summed E-state index contributed by atoms with van der Waals surface area (Å²) in [5, 5.41) is 1.50. The molecule has 0 aromatic rings. The lowest BCUT2D eigenvalue weighted by molar-refractivity contribution is 0.0851. The summed E-state index contributed by atoms with van der Waals surface area (Å²) in [4.78, 5) is 0. The van der Waals surface area contributed by atoms with Gasteiger partial charge in [-0.3, -0.25) is 0 Å². The van der Waals surface area contributed by atoms with Crippen LogP contribution in [-0.2, 0) is 4.74 Å². The normalized spacial score (nSPS) is 13.8. The summed E-state index contributed by atoms with van der Waals surface area (Å²) in [6, 6.07) is 0. The molecule has 0 amide bonds. The van der Waals surface area contributed by atoms with Crippen LogP contribution >= 0.6 is 0 Å². The zero-order valence-corrected chi connectivity index (χ0v) is 7.58. The molecule has 0 heterocycles. The smallest absolute Gasteiger partial charge is 0.0668 e. The van der Waals surface area contributed by atoms with Gasteiger partial charge in [0, 0.05) is 13.2 Å². The Hall–Kier alpha value is -0.540. The highest BCUT2D eigenvalue weighted by Crippen LogP contribution is 1.94. The van der Waals surface area contributed by atoms with E-state index in [4.69, 9.17) is 10.6 Å². The Labute approximate surface area is 68.8 Å². The van der Waals surface area contributed by atoms with E-state index in [9.17, 15) is 0 Å². The van der Waals surface area contributed by atoms with Gasteiger partial charge in [-0.05, 0) is 19.4 Å². The molecule has 11 heavy (non-hydrogen) atoms. The molecule has 0 fully saturated rings. The van der Waals surface area contributed by atoms with Crippen molar-refractivity contribution in [3.63, 3.8) is 0 Å². The molecule has 0 spiro atoms. The summed E-state index contributed by atoms with van der Waals surface area (Å²) in [7, 11) is 1.78. The molecule has 3 nitrogen and oxygen atoms in total. The van der Waals surface area contributed by atoms with Crippen molar-refractivity contribution in [1.29, 1.82) is 0 Å². The molecule has 0 bridgehead atoms. The predicted molar refractivity (Wildman–Crippen MR) is 46.8 cm³/mol. The van der Waals surface area contributed by atoms with Crippen LogP contribution in [0.15, 0.2) is 12.3 Å². The van der Waals surface area contributed by atoms with E-state index in [1.54, 1.807) is 13.2 Å². The van der Waals surface area contributed by atoms with E-state index in [-0.39, 0.29) is 0 Å². The Balaban J connectivity index is 3.26. The second-order valence-corrected chi connectivity index (χ2v) is 2.60. The minimum atomic E-state index is 0.336. The van der Waals surface area contributed by atoms with E-state index in [0.717, 1.165) is 6.42 Å². The molecule has 1 atom stereocenters. The summed E-state index contributed by atoms with van der Waals surface area (Å²) in [5.74, 6) is 5.33. The first kappa shape index (κ1) is 10.5. The Bertz CT molecular complexity index is 113. The third-order valence-electron chi connectivity index (χ3n) is 1.39. The van der Waals surface area contributed by atoms with Gasteiger partial charge in [0.15, 0.2) is 0 Å². The fourth-order valence-electron chi connectivity index (χ4n) is 0.547. The molecule has 2 N–H and O–H groups in total. The first-order valence-electron chi connectivity index (χ1n) is 3.92. The van der Waals surface area contributed by atoms with Crippen LogP contribution < -0.4 is 5.84 Å². The highest BCUT2D eigenvalue weighted by Gasteiger charge is 1.93. The van der Waals surface area contributed by atoms with Gasteiger partial charge in [0.05, 0.1) is 12.7 Å². The zero-order valence-electron chi connectivity index (χ0n) is 7.58. The molecule has 0 saturated carbocycles. The number of nitrogens with two attached hydrogens (primary N) is 1. The van der Waals surface area contributed by atoms with E-state index < -0.39 is 0 Å². The molecule has 1 unspecified atom stereocenters.